The Bertz CT molecular complexity index is 511. The maximum absolute atomic E-state index is 10.9. The Morgan fingerprint density at radius 1 is 1.65 bits per heavy atom. The number of ether oxygens (including phenoxy) is 1. The van der Waals surface area contributed by atoms with Crippen LogP contribution < -0.4 is 5.32 Å². The van der Waals surface area contributed by atoms with Crippen LogP contribution in [-0.2, 0) is 11.3 Å². The van der Waals surface area contributed by atoms with E-state index in [1.165, 1.54) is 12.1 Å². The number of halogens is 1. The monoisotopic (exact) mass is 300 g/mol. The fourth-order valence-corrected chi connectivity index (χ4v) is 2.49. The van der Waals surface area contributed by atoms with Crippen molar-refractivity contribution in [3.8, 4) is 0 Å². The molecule has 7 heteroatoms. The van der Waals surface area contributed by atoms with E-state index in [1.54, 1.807) is 6.07 Å². The lowest BCUT2D eigenvalue weighted by atomic mass is 9.96. The van der Waals surface area contributed by atoms with Gasteiger partial charge in [-0.05, 0) is 19.1 Å². The minimum atomic E-state index is -0.923. The average molecular weight is 301 g/mol. The van der Waals surface area contributed by atoms with Crippen LogP contribution >= 0.6 is 11.6 Å². The second-order valence-electron chi connectivity index (χ2n) is 5.00. The number of nitrogens with zero attached hydrogens (tertiary/aromatic N) is 1. The molecule has 0 radical (unpaired) electrons. The van der Waals surface area contributed by atoms with Crippen molar-refractivity contribution in [3.05, 3.63) is 38.9 Å². The number of hydrogen-bond donors (Lipinski definition) is 2. The highest BCUT2D eigenvalue weighted by atomic mass is 35.5. The highest BCUT2D eigenvalue weighted by Gasteiger charge is 2.39. The lowest BCUT2D eigenvalue weighted by Crippen LogP contribution is -2.45. The Labute approximate surface area is 121 Å². The van der Waals surface area contributed by atoms with E-state index in [-0.39, 0.29) is 18.3 Å². The molecule has 2 unspecified atom stereocenters. The van der Waals surface area contributed by atoms with Crippen molar-refractivity contribution >= 4 is 17.3 Å². The van der Waals surface area contributed by atoms with Crippen LogP contribution in [0, 0.1) is 10.1 Å². The number of rotatable bonds is 5. The second kappa shape index (κ2) is 6.05. The number of nitro groups is 1. The summed E-state index contributed by atoms with van der Waals surface area (Å²) in [6.07, 6.45) is 0.308. The Kier molecular flexibility index (Phi) is 4.59. The summed E-state index contributed by atoms with van der Waals surface area (Å²) in [7, 11) is 0. The molecule has 0 amide bonds. The Morgan fingerprint density at radius 3 is 3.00 bits per heavy atom. The normalized spacial score (nSPS) is 25.9. The van der Waals surface area contributed by atoms with Crippen molar-refractivity contribution in [2.45, 2.75) is 31.6 Å². The van der Waals surface area contributed by atoms with E-state index in [9.17, 15) is 15.2 Å². The molecule has 1 saturated heterocycles. The minimum Gasteiger partial charge on any atom is -0.386 e. The van der Waals surface area contributed by atoms with Crippen LogP contribution in [0.1, 0.15) is 18.9 Å². The Hall–Kier alpha value is -1.21. The summed E-state index contributed by atoms with van der Waals surface area (Å²) in [4.78, 5) is 10.5. The molecular formula is C13H17ClN2O4. The number of benzene rings is 1. The van der Waals surface area contributed by atoms with E-state index < -0.39 is 10.5 Å². The lowest BCUT2D eigenvalue weighted by Gasteiger charge is -2.26. The van der Waals surface area contributed by atoms with Crippen LogP contribution in [0.25, 0.3) is 0 Å². The number of nitrogens with one attached hydrogen (secondary N) is 1. The summed E-state index contributed by atoms with van der Waals surface area (Å²) in [6, 6.07) is 4.43. The third-order valence-electron chi connectivity index (χ3n) is 3.64. The summed E-state index contributed by atoms with van der Waals surface area (Å²) in [5.41, 5.74) is -0.407. The summed E-state index contributed by atoms with van der Waals surface area (Å²) >= 11 is 5.86. The van der Waals surface area contributed by atoms with E-state index in [4.69, 9.17) is 16.3 Å². The van der Waals surface area contributed by atoms with Gasteiger partial charge in [0.1, 0.15) is 5.60 Å². The number of hydrogen-bond acceptors (Lipinski definition) is 5. The average Bonchev–Trinajstić information content (AvgIpc) is 2.69. The molecule has 0 aromatic heterocycles. The quantitative estimate of drug-likeness (QED) is 0.640. The molecule has 1 aromatic carbocycles. The van der Waals surface area contributed by atoms with E-state index in [0.29, 0.717) is 30.2 Å². The van der Waals surface area contributed by atoms with Crippen molar-refractivity contribution in [2.24, 2.45) is 0 Å². The highest BCUT2D eigenvalue weighted by molar-refractivity contribution is 6.30. The van der Waals surface area contributed by atoms with Crippen molar-refractivity contribution in [2.75, 3.05) is 13.2 Å². The summed E-state index contributed by atoms with van der Waals surface area (Å²) in [5.74, 6) is 0. The first-order chi connectivity index (χ1) is 9.42. The topological polar surface area (TPSA) is 84.6 Å². The molecule has 1 aliphatic heterocycles. The van der Waals surface area contributed by atoms with Crippen LogP contribution in [0.4, 0.5) is 5.69 Å². The molecule has 1 aromatic rings. The molecule has 20 heavy (non-hydrogen) atoms. The van der Waals surface area contributed by atoms with Gasteiger partial charge in [-0.2, -0.15) is 0 Å². The molecule has 6 nitrogen and oxygen atoms in total. The third kappa shape index (κ3) is 3.27. The minimum absolute atomic E-state index is 0.0182. The molecule has 2 atom stereocenters. The van der Waals surface area contributed by atoms with Gasteiger partial charge in [0, 0.05) is 42.8 Å². The second-order valence-corrected chi connectivity index (χ2v) is 5.44. The first-order valence-corrected chi connectivity index (χ1v) is 6.78. The van der Waals surface area contributed by atoms with Gasteiger partial charge in [-0.15, -0.1) is 0 Å². The van der Waals surface area contributed by atoms with Gasteiger partial charge in [0.15, 0.2) is 0 Å². The fraction of sp³-hybridized carbons (Fsp3) is 0.538. The first-order valence-electron chi connectivity index (χ1n) is 6.40. The zero-order valence-electron chi connectivity index (χ0n) is 11.1. The maximum atomic E-state index is 10.9. The molecule has 0 aliphatic carbocycles. The van der Waals surface area contributed by atoms with E-state index in [0.717, 1.165) is 0 Å². The van der Waals surface area contributed by atoms with Crippen LogP contribution in [0.3, 0.4) is 0 Å². The Balaban J connectivity index is 2.00. The van der Waals surface area contributed by atoms with Gasteiger partial charge < -0.3 is 15.2 Å². The standard InChI is InChI=1S/C13H17ClN2O4/c1-9-13(17,4-5-20-9)8-15-7-10-6-11(14)2-3-12(10)16(18)19/h2-3,6,9,15,17H,4-5,7-8H2,1H3. The molecule has 110 valence electrons. The molecule has 1 aliphatic rings. The van der Waals surface area contributed by atoms with Gasteiger partial charge in [-0.3, -0.25) is 10.1 Å². The van der Waals surface area contributed by atoms with E-state index in [1.807, 2.05) is 6.92 Å². The van der Waals surface area contributed by atoms with Gasteiger partial charge in [0.2, 0.25) is 0 Å². The van der Waals surface area contributed by atoms with Crippen molar-refractivity contribution < 1.29 is 14.8 Å². The smallest absolute Gasteiger partial charge is 0.273 e. The van der Waals surface area contributed by atoms with E-state index in [2.05, 4.69) is 5.32 Å². The molecule has 0 saturated carbocycles. The first kappa shape index (κ1) is 15.2. The fourth-order valence-electron chi connectivity index (χ4n) is 2.29. The molecule has 1 fully saturated rings. The molecule has 2 rings (SSSR count). The summed E-state index contributed by atoms with van der Waals surface area (Å²) < 4.78 is 5.33. The predicted octanol–water partition coefficient (Wildman–Crippen LogP) is 1.88. The van der Waals surface area contributed by atoms with E-state index >= 15 is 0 Å². The summed E-state index contributed by atoms with van der Waals surface area (Å²) in [5, 5.41) is 24.7. The van der Waals surface area contributed by atoms with Crippen molar-refractivity contribution in [1.82, 2.24) is 5.32 Å². The van der Waals surface area contributed by atoms with Crippen LogP contribution in [0.2, 0.25) is 5.02 Å². The van der Waals surface area contributed by atoms with Crippen LogP contribution in [0.15, 0.2) is 18.2 Å². The Morgan fingerprint density at radius 2 is 2.40 bits per heavy atom. The number of nitro benzene ring substituents is 1. The largest absolute Gasteiger partial charge is 0.386 e. The molecule has 0 spiro atoms. The molecule has 2 N–H and O–H groups in total. The maximum Gasteiger partial charge on any atom is 0.273 e. The van der Waals surface area contributed by atoms with Crippen LogP contribution in [0.5, 0.6) is 0 Å². The summed E-state index contributed by atoms with van der Waals surface area (Å²) in [6.45, 7) is 2.93. The van der Waals surface area contributed by atoms with Crippen LogP contribution in [-0.4, -0.2) is 34.9 Å². The zero-order valence-corrected chi connectivity index (χ0v) is 11.9. The van der Waals surface area contributed by atoms with Crippen molar-refractivity contribution in [1.29, 1.82) is 0 Å². The predicted molar refractivity (Wildman–Crippen MR) is 74.8 cm³/mol. The highest BCUT2D eigenvalue weighted by Crippen LogP contribution is 2.26. The van der Waals surface area contributed by atoms with Gasteiger partial charge in [0.05, 0.1) is 11.0 Å². The SMILES string of the molecule is CC1OCCC1(O)CNCc1cc(Cl)ccc1[N+](=O)[O-]. The number of aliphatic hydroxyl groups is 1. The van der Waals surface area contributed by atoms with Gasteiger partial charge in [0.25, 0.3) is 5.69 Å². The molecule has 1 heterocycles. The van der Waals surface area contributed by atoms with Gasteiger partial charge in [-0.1, -0.05) is 11.6 Å². The third-order valence-corrected chi connectivity index (χ3v) is 3.88. The van der Waals surface area contributed by atoms with Crippen molar-refractivity contribution in [3.63, 3.8) is 0 Å². The lowest BCUT2D eigenvalue weighted by molar-refractivity contribution is -0.385. The zero-order chi connectivity index (χ0) is 14.8. The van der Waals surface area contributed by atoms with Gasteiger partial charge in [-0.25, -0.2) is 0 Å². The van der Waals surface area contributed by atoms with Gasteiger partial charge >= 0.3 is 0 Å². The molecule has 0 bridgehead atoms. The molecular weight excluding hydrogens is 284 g/mol.